The first-order chi connectivity index (χ1) is 12.1. The number of carbonyl (C=O) groups is 1. The average Bonchev–Trinajstić information content (AvgIpc) is 3.03. The van der Waals surface area contributed by atoms with Crippen molar-refractivity contribution < 1.29 is 4.79 Å². The topological polar surface area (TPSA) is 74.8 Å². The van der Waals surface area contributed by atoms with Crippen molar-refractivity contribution in [3.8, 4) is 0 Å². The highest BCUT2D eigenvalue weighted by atomic mass is 16.2. The highest BCUT2D eigenvalue weighted by Crippen LogP contribution is 2.13. The molecule has 6 heteroatoms. The molecular weight excluding hydrogens is 314 g/mol. The Morgan fingerprint density at radius 2 is 2.04 bits per heavy atom. The lowest BCUT2D eigenvalue weighted by molar-refractivity contribution is 0.0791. The number of aromatic nitrogens is 4. The molecule has 6 nitrogen and oxygen atoms in total. The van der Waals surface area contributed by atoms with Crippen molar-refractivity contribution in [1.29, 1.82) is 0 Å². The highest BCUT2D eigenvalue weighted by molar-refractivity contribution is 5.94. The molecule has 0 aliphatic carbocycles. The summed E-state index contributed by atoms with van der Waals surface area (Å²) >= 11 is 0. The van der Waals surface area contributed by atoms with E-state index in [-0.39, 0.29) is 5.91 Å². The number of imidazole rings is 1. The number of nitrogens with one attached hydrogen (secondary N) is 1. The Kier molecular flexibility index (Phi) is 5.07. The maximum Gasteiger partial charge on any atom is 0.257 e. The third-order valence-electron chi connectivity index (χ3n) is 4.25. The minimum absolute atomic E-state index is 0.0264. The number of nitrogens with zero attached hydrogens (tertiary/aromatic N) is 4. The zero-order valence-electron chi connectivity index (χ0n) is 14.9. The second-order valence-corrected chi connectivity index (χ2v) is 6.16. The van der Waals surface area contributed by atoms with Gasteiger partial charge in [0.2, 0.25) is 0 Å². The number of hydrogen-bond donors (Lipinski definition) is 1. The Morgan fingerprint density at radius 1 is 1.24 bits per heavy atom. The fraction of sp³-hybridized carbons (Fsp3) is 0.368. The first kappa shape index (κ1) is 17.1. The number of H-pyrrole nitrogens is 1. The monoisotopic (exact) mass is 337 g/mol. The Morgan fingerprint density at radius 3 is 2.80 bits per heavy atom. The molecule has 0 spiro atoms. The molecule has 3 rings (SSSR count). The van der Waals surface area contributed by atoms with Crippen LogP contribution in [0.25, 0.3) is 11.0 Å². The third kappa shape index (κ3) is 3.84. The Hall–Kier alpha value is -2.76. The van der Waals surface area contributed by atoms with Gasteiger partial charge in [0.25, 0.3) is 5.91 Å². The minimum atomic E-state index is -0.0264. The van der Waals surface area contributed by atoms with Gasteiger partial charge in [-0.1, -0.05) is 19.1 Å². The summed E-state index contributed by atoms with van der Waals surface area (Å²) in [6.45, 7) is 4.50. The van der Waals surface area contributed by atoms with Crippen LogP contribution in [-0.4, -0.2) is 44.3 Å². The summed E-state index contributed by atoms with van der Waals surface area (Å²) < 4.78 is 0. The maximum atomic E-state index is 12.6. The normalized spacial score (nSPS) is 11.0. The lowest BCUT2D eigenvalue weighted by Crippen LogP contribution is -2.29. The molecular formula is C19H23N5O. The van der Waals surface area contributed by atoms with Crippen LogP contribution in [0.1, 0.15) is 41.0 Å². The van der Waals surface area contributed by atoms with Gasteiger partial charge in [0.05, 0.1) is 22.3 Å². The molecule has 3 aromatic rings. The molecule has 130 valence electrons. The van der Waals surface area contributed by atoms with Crippen molar-refractivity contribution in [3.05, 3.63) is 53.4 Å². The van der Waals surface area contributed by atoms with Crippen LogP contribution in [-0.2, 0) is 12.8 Å². The van der Waals surface area contributed by atoms with Crippen LogP contribution >= 0.6 is 0 Å². The molecule has 0 fully saturated rings. The Bertz CT molecular complexity index is 853. The van der Waals surface area contributed by atoms with Crippen LogP contribution in [0, 0.1) is 6.92 Å². The van der Waals surface area contributed by atoms with E-state index in [2.05, 4.69) is 19.9 Å². The molecule has 2 aromatic heterocycles. The minimum Gasteiger partial charge on any atom is -0.342 e. The predicted molar refractivity (Wildman–Crippen MR) is 97.5 cm³/mol. The van der Waals surface area contributed by atoms with Gasteiger partial charge in [-0.3, -0.25) is 4.79 Å². The molecule has 1 N–H and O–H groups in total. The van der Waals surface area contributed by atoms with Crippen molar-refractivity contribution in [2.24, 2.45) is 0 Å². The van der Waals surface area contributed by atoms with E-state index in [1.54, 1.807) is 11.1 Å². The van der Waals surface area contributed by atoms with Crippen LogP contribution in [0.3, 0.4) is 0 Å². The van der Waals surface area contributed by atoms with Gasteiger partial charge in [0.15, 0.2) is 0 Å². The van der Waals surface area contributed by atoms with Crippen molar-refractivity contribution in [2.75, 3.05) is 13.6 Å². The van der Waals surface area contributed by atoms with Crippen molar-refractivity contribution in [1.82, 2.24) is 24.8 Å². The summed E-state index contributed by atoms with van der Waals surface area (Å²) in [6, 6.07) is 7.99. The van der Waals surface area contributed by atoms with Gasteiger partial charge >= 0.3 is 0 Å². The average molecular weight is 337 g/mol. The van der Waals surface area contributed by atoms with Crippen LogP contribution in [0.5, 0.6) is 0 Å². The zero-order valence-corrected chi connectivity index (χ0v) is 14.9. The summed E-state index contributed by atoms with van der Waals surface area (Å²) in [6.07, 6.45) is 4.00. The van der Waals surface area contributed by atoms with Gasteiger partial charge < -0.3 is 9.88 Å². The van der Waals surface area contributed by atoms with Crippen LogP contribution in [0.15, 0.2) is 30.5 Å². The van der Waals surface area contributed by atoms with Gasteiger partial charge in [-0.25, -0.2) is 15.0 Å². The molecule has 0 unspecified atom stereocenters. The molecule has 0 saturated heterocycles. The fourth-order valence-electron chi connectivity index (χ4n) is 2.88. The smallest absolute Gasteiger partial charge is 0.257 e. The predicted octanol–water partition coefficient (Wildman–Crippen LogP) is 2.93. The fourth-order valence-corrected chi connectivity index (χ4v) is 2.88. The number of aryl methyl sites for hydroxylation is 3. The summed E-state index contributed by atoms with van der Waals surface area (Å²) in [5, 5.41) is 0. The second kappa shape index (κ2) is 7.42. The van der Waals surface area contributed by atoms with Crippen molar-refractivity contribution in [3.63, 3.8) is 0 Å². The third-order valence-corrected chi connectivity index (χ3v) is 4.25. The van der Waals surface area contributed by atoms with E-state index in [0.717, 1.165) is 41.8 Å². The zero-order chi connectivity index (χ0) is 17.8. The van der Waals surface area contributed by atoms with E-state index in [4.69, 9.17) is 0 Å². The molecule has 2 heterocycles. The van der Waals surface area contributed by atoms with E-state index in [0.29, 0.717) is 17.9 Å². The summed E-state index contributed by atoms with van der Waals surface area (Å²) in [4.78, 5) is 30.8. The maximum absolute atomic E-state index is 12.6. The second-order valence-electron chi connectivity index (χ2n) is 6.16. The molecule has 0 atom stereocenters. The number of benzene rings is 1. The van der Waals surface area contributed by atoms with Gasteiger partial charge in [-0.05, 0) is 31.9 Å². The lowest BCUT2D eigenvalue weighted by atomic mass is 10.1. The largest absolute Gasteiger partial charge is 0.342 e. The molecule has 1 aromatic carbocycles. The number of para-hydroxylation sites is 2. The Balaban J connectivity index is 1.60. The number of hydrogen-bond acceptors (Lipinski definition) is 4. The van der Waals surface area contributed by atoms with Crippen molar-refractivity contribution in [2.45, 2.75) is 33.1 Å². The van der Waals surface area contributed by atoms with Crippen LogP contribution < -0.4 is 0 Å². The standard InChI is InChI=1S/C19H23N5O/c1-4-15-14(12-20-13(2)21-15)19(25)24(3)11-7-10-18-22-16-8-5-6-9-17(16)23-18/h5-6,8-9,12H,4,7,10-11H2,1-3H3,(H,22,23). The van der Waals surface area contributed by atoms with E-state index in [1.807, 2.05) is 45.2 Å². The molecule has 0 bridgehead atoms. The van der Waals surface area contributed by atoms with Crippen LogP contribution in [0.4, 0.5) is 0 Å². The molecule has 0 aliphatic rings. The summed E-state index contributed by atoms with van der Waals surface area (Å²) in [5.74, 6) is 1.62. The van der Waals surface area contributed by atoms with E-state index >= 15 is 0 Å². The lowest BCUT2D eigenvalue weighted by Gasteiger charge is -2.18. The van der Waals surface area contributed by atoms with E-state index in [1.165, 1.54) is 0 Å². The molecule has 0 radical (unpaired) electrons. The van der Waals surface area contributed by atoms with E-state index < -0.39 is 0 Å². The van der Waals surface area contributed by atoms with Gasteiger partial charge in [-0.15, -0.1) is 0 Å². The van der Waals surface area contributed by atoms with Gasteiger partial charge in [0.1, 0.15) is 11.6 Å². The number of carbonyl (C=O) groups excluding carboxylic acids is 1. The SMILES string of the molecule is CCc1nc(C)ncc1C(=O)N(C)CCCc1nc2ccccc2[nH]1. The number of rotatable bonds is 6. The summed E-state index contributed by atoms with van der Waals surface area (Å²) in [7, 11) is 1.82. The van der Waals surface area contributed by atoms with Gasteiger partial charge in [-0.2, -0.15) is 0 Å². The Labute approximate surface area is 147 Å². The molecule has 1 amide bonds. The number of aromatic amines is 1. The van der Waals surface area contributed by atoms with E-state index in [9.17, 15) is 4.79 Å². The number of amides is 1. The quantitative estimate of drug-likeness (QED) is 0.750. The first-order valence-corrected chi connectivity index (χ1v) is 8.60. The number of fused-ring (bicyclic) bond motifs is 1. The molecule has 25 heavy (non-hydrogen) atoms. The van der Waals surface area contributed by atoms with Gasteiger partial charge in [0, 0.05) is 26.2 Å². The van der Waals surface area contributed by atoms with Crippen LogP contribution in [0.2, 0.25) is 0 Å². The molecule has 0 aliphatic heterocycles. The summed E-state index contributed by atoms with van der Waals surface area (Å²) in [5.41, 5.74) is 3.43. The molecule has 0 saturated carbocycles. The highest BCUT2D eigenvalue weighted by Gasteiger charge is 2.17. The van der Waals surface area contributed by atoms with Crippen molar-refractivity contribution >= 4 is 16.9 Å². The first-order valence-electron chi connectivity index (χ1n) is 8.60.